The smallest absolute Gasteiger partial charge is 0.303 e. The van der Waals surface area contributed by atoms with Gasteiger partial charge < -0.3 is 9.84 Å². The Kier molecular flexibility index (Phi) is 4.95. The van der Waals surface area contributed by atoms with Crippen LogP contribution >= 0.6 is 0 Å². The first-order valence-corrected chi connectivity index (χ1v) is 6.85. The lowest BCUT2D eigenvalue weighted by atomic mass is 9.94. The number of methoxy groups -OCH3 is 1. The highest BCUT2D eigenvalue weighted by atomic mass is 19.1. The summed E-state index contributed by atoms with van der Waals surface area (Å²) >= 11 is 0. The molecule has 20 heavy (non-hydrogen) atoms. The molecular formula is C15H20FNO3. The predicted molar refractivity (Wildman–Crippen MR) is 73.2 cm³/mol. The number of ether oxygens (including phenoxy) is 1. The Hall–Kier alpha value is -1.62. The lowest BCUT2D eigenvalue weighted by molar-refractivity contribution is -0.138. The van der Waals surface area contributed by atoms with Crippen LogP contribution in [0.15, 0.2) is 18.2 Å². The molecule has 0 amide bonds. The van der Waals surface area contributed by atoms with E-state index in [1.807, 2.05) is 6.07 Å². The highest BCUT2D eigenvalue weighted by molar-refractivity contribution is 5.67. The summed E-state index contributed by atoms with van der Waals surface area (Å²) in [6, 6.07) is 4.96. The van der Waals surface area contributed by atoms with Crippen molar-refractivity contribution in [3.05, 3.63) is 29.6 Å². The molecule has 1 aromatic rings. The van der Waals surface area contributed by atoms with Crippen LogP contribution in [0.1, 0.15) is 24.8 Å². The molecule has 1 heterocycles. The van der Waals surface area contributed by atoms with Crippen molar-refractivity contribution >= 4 is 5.97 Å². The Bertz CT molecular complexity index is 478. The number of aliphatic carboxylic acids is 1. The average Bonchev–Trinajstić information content (AvgIpc) is 2.38. The van der Waals surface area contributed by atoms with Crippen molar-refractivity contribution in [3.63, 3.8) is 0 Å². The second kappa shape index (κ2) is 6.70. The number of halogens is 1. The molecular weight excluding hydrogens is 261 g/mol. The van der Waals surface area contributed by atoms with Gasteiger partial charge in [0.15, 0.2) is 11.6 Å². The lowest BCUT2D eigenvalue weighted by Gasteiger charge is -2.32. The van der Waals surface area contributed by atoms with Crippen LogP contribution in [-0.4, -0.2) is 36.2 Å². The van der Waals surface area contributed by atoms with Crippen LogP contribution < -0.4 is 4.74 Å². The van der Waals surface area contributed by atoms with E-state index < -0.39 is 5.97 Å². The van der Waals surface area contributed by atoms with Gasteiger partial charge in [0.25, 0.3) is 0 Å². The second-order valence-electron chi connectivity index (χ2n) is 5.31. The van der Waals surface area contributed by atoms with Crippen LogP contribution in [0.3, 0.4) is 0 Å². The predicted octanol–water partition coefficient (Wildman–Crippen LogP) is 2.52. The van der Waals surface area contributed by atoms with Crippen molar-refractivity contribution in [2.75, 3.05) is 20.2 Å². The molecule has 0 radical (unpaired) electrons. The van der Waals surface area contributed by atoms with Gasteiger partial charge in [0, 0.05) is 19.5 Å². The molecule has 1 aromatic carbocycles. The molecule has 1 fully saturated rings. The SMILES string of the molecule is COc1ccc(CN2CCCC(CC(=O)O)C2)cc1F. The Morgan fingerprint density at radius 3 is 3.00 bits per heavy atom. The molecule has 1 aliphatic heterocycles. The normalized spacial score (nSPS) is 19.8. The summed E-state index contributed by atoms with van der Waals surface area (Å²) in [5, 5.41) is 8.85. The fourth-order valence-corrected chi connectivity index (χ4v) is 2.77. The van der Waals surface area contributed by atoms with Gasteiger partial charge in [-0.2, -0.15) is 0 Å². The van der Waals surface area contributed by atoms with Gasteiger partial charge >= 0.3 is 5.97 Å². The molecule has 0 aliphatic carbocycles. The molecule has 1 N–H and O–H groups in total. The number of nitrogens with zero attached hydrogens (tertiary/aromatic N) is 1. The maximum absolute atomic E-state index is 13.6. The van der Waals surface area contributed by atoms with Gasteiger partial charge in [0.1, 0.15) is 0 Å². The Balaban J connectivity index is 1.95. The molecule has 1 atom stereocenters. The Morgan fingerprint density at radius 2 is 2.35 bits per heavy atom. The molecule has 5 heteroatoms. The molecule has 1 saturated heterocycles. The summed E-state index contributed by atoms with van der Waals surface area (Å²) in [4.78, 5) is 13.0. The number of piperidine rings is 1. The zero-order chi connectivity index (χ0) is 14.5. The number of hydrogen-bond acceptors (Lipinski definition) is 3. The summed E-state index contributed by atoms with van der Waals surface area (Å²) < 4.78 is 18.5. The van der Waals surface area contributed by atoms with Crippen LogP contribution in [0.5, 0.6) is 5.75 Å². The van der Waals surface area contributed by atoms with Crippen molar-refractivity contribution in [1.29, 1.82) is 0 Å². The molecule has 110 valence electrons. The highest BCUT2D eigenvalue weighted by Crippen LogP contribution is 2.23. The third-order valence-electron chi connectivity index (χ3n) is 3.69. The summed E-state index contributed by atoms with van der Waals surface area (Å²) in [6.45, 7) is 2.35. The fraction of sp³-hybridized carbons (Fsp3) is 0.533. The van der Waals surface area contributed by atoms with E-state index in [0.717, 1.165) is 31.5 Å². The van der Waals surface area contributed by atoms with Crippen molar-refractivity contribution in [1.82, 2.24) is 4.90 Å². The fourth-order valence-electron chi connectivity index (χ4n) is 2.77. The Labute approximate surface area is 118 Å². The van der Waals surface area contributed by atoms with E-state index in [-0.39, 0.29) is 23.9 Å². The summed E-state index contributed by atoms with van der Waals surface area (Å²) in [5.74, 6) is -0.656. The van der Waals surface area contributed by atoms with Gasteiger partial charge in [-0.3, -0.25) is 9.69 Å². The molecule has 0 bridgehead atoms. The molecule has 0 aromatic heterocycles. The number of benzene rings is 1. The lowest BCUT2D eigenvalue weighted by Crippen LogP contribution is -2.35. The van der Waals surface area contributed by atoms with Crippen molar-refractivity contribution in [2.24, 2.45) is 5.92 Å². The molecule has 1 unspecified atom stereocenters. The van der Waals surface area contributed by atoms with E-state index in [1.54, 1.807) is 6.07 Å². The molecule has 1 aliphatic rings. The first-order chi connectivity index (χ1) is 9.58. The van der Waals surface area contributed by atoms with Gasteiger partial charge in [0.05, 0.1) is 7.11 Å². The third-order valence-corrected chi connectivity index (χ3v) is 3.69. The quantitative estimate of drug-likeness (QED) is 0.901. The van der Waals surface area contributed by atoms with Crippen LogP contribution in [0, 0.1) is 11.7 Å². The van der Waals surface area contributed by atoms with Crippen molar-refractivity contribution in [3.8, 4) is 5.75 Å². The minimum absolute atomic E-state index is 0.198. The molecule has 0 spiro atoms. The van der Waals surface area contributed by atoms with E-state index in [1.165, 1.54) is 13.2 Å². The topological polar surface area (TPSA) is 49.8 Å². The maximum atomic E-state index is 13.6. The Morgan fingerprint density at radius 1 is 1.55 bits per heavy atom. The first kappa shape index (κ1) is 14.8. The summed E-state index contributed by atoms with van der Waals surface area (Å²) in [7, 11) is 1.44. The van der Waals surface area contributed by atoms with Crippen molar-refractivity contribution in [2.45, 2.75) is 25.8 Å². The standard InChI is InChI=1S/C15H20FNO3/c1-20-14-5-4-12(7-13(14)16)10-17-6-2-3-11(9-17)8-15(18)19/h4-5,7,11H,2-3,6,8-10H2,1H3,(H,18,19). The van der Waals surface area contributed by atoms with E-state index in [2.05, 4.69) is 4.90 Å². The minimum Gasteiger partial charge on any atom is -0.494 e. The monoisotopic (exact) mass is 281 g/mol. The second-order valence-corrected chi connectivity index (χ2v) is 5.31. The first-order valence-electron chi connectivity index (χ1n) is 6.85. The van der Waals surface area contributed by atoms with E-state index in [0.29, 0.717) is 6.54 Å². The minimum atomic E-state index is -0.743. The van der Waals surface area contributed by atoms with Gasteiger partial charge in [0.2, 0.25) is 0 Å². The molecule has 0 saturated carbocycles. The van der Waals surface area contributed by atoms with E-state index in [4.69, 9.17) is 9.84 Å². The van der Waals surface area contributed by atoms with Gasteiger partial charge in [-0.05, 0) is 43.0 Å². The van der Waals surface area contributed by atoms with Gasteiger partial charge in [-0.1, -0.05) is 6.07 Å². The van der Waals surface area contributed by atoms with Gasteiger partial charge in [-0.15, -0.1) is 0 Å². The summed E-state index contributed by atoms with van der Waals surface area (Å²) in [5.41, 5.74) is 0.888. The van der Waals surface area contributed by atoms with E-state index in [9.17, 15) is 9.18 Å². The number of rotatable bonds is 5. The van der Waals surface area contributed by atoms with Crippen LogP contribution in [0.4, 0.5) is 4.39 Å². The number of hydrogen-bond donors (Lipinski definition) is 1. The van der Waals surface area contributed by atoms with Crippen LogP contribution in [0.25, 0.3) is 0 Å². The number of carboxylic acids is 1. The highest BCUT2D eigenvalue weighted by Gasteiger charge is 2.22. The zero-order valence-corrected chi connectivity index (χ0v) is 11.6. The number of carboxylic acid groups (broad SMARTS) is 1. The van der Waals surface area contributed by atoms with Crippen LogP contribution in [-0.2, 0) is 11.3 Å². The number of likely N-dealkylation sites (tertiary alicyclic amines) is 1. The third kappa shape index (κ3) is 3.93. The zero-order valence-electron chi connectivity index (χ0n) is 11.6. The van der Waals surface area contributed by atoms with Crippen LogP contribution in [0.2, 0.25) is 0 Å². The summed E-state index contributed by atoms with van der Waals surface area (Å²) in [6.07, 6.45) is 2.17. The number of carbonyl (C=O) groups is 1. The molecule has 4 nitrogen and oxygen atoms in total. The van der Waals surface area contributed by atoms with Crippen molar-refractivity contribution < 1.29 is 19.0 Å². The van der Waals surface area contributed by atoms with E-state index >= 15 is 0 Å². The average molecular weight is 281 g/mol. The maximum Gasteiger partial charge on any atom is 0.303 e. The molecule has 2 rings (SSSR count). The van der Waals surface area contributed by atoms with Gasteiger partial charge in [-0.25, -0.2) is 4.39 Å². The largest absolute Gasteiger partial charge is 0.494 e.